The smallest absolute Gasteiger partial charge is 0.250 e. The lowest BCUT2D eigenvalue weighted by molar-refractivity contribution is -0.118. The van der Waals surface area contributed by atoms with Crippen molar-refractivity contribution in [1.29, 1.82) is 0 Å². The number of amides is 1. The highest BCUT2D eigenvalue weighted by atomic mass is 32.2. The molecule has 0 aliphatic heterocycles. The summed E-state index contributed by atoms with van der Waals surface area (Å²) in [4.78, 5) is 11.7. The van der Waals surface area contributed by atoms with Crippen molar-refractivity contribution < 1.29 is 4.79 Å². The summed E-state index contributed by atoms with van der Waals surface area (Å²) >= 11 is 1.58. The summed E-state index contributed by atoms with van der Waals surface area (Å²) in [7, 11) is 0. The van der Waals surface area contributed by atoms with Crippen LogP contribution in [0.1, 0.15) is 22.3 Å². The zero-order valence-electron chi connectivity index (χ0n) is 12.9. The van der Waals surface area contributed by atoms with Gasteiger partial charge in [0, 0.05) is 5.75 Å². The number of hydrazone groups is 1. The quantitative estimate of drug-likeness (QED) is 0.653. The largest absolute Gasteiger partial charge is 0.272 e. The van der Waals surface area contributed by atoms with E-state index in [2.05, 4.69) is 41.7 Å². The van der Waals surface area contributed by atoms with Gasteiger partial charge in [0.25, 0.3) is 0 Å². The van der Waals surface area contributed by atoms with Crippen molar-refractivity contribution in [2.75, 3.05) is 5.75 Å². The maximum Gasteiger partial charge on any atom is 0.250 e. The Morgan fingerprint density at radius 2 is 1.91 bits per heavy atom. The molecule has 22 heavy (non-hydrogen) atoms. The maximum absolute atomic E-state index is 11.7. The minimum absolute atomic E-state index is 0.0824. The highest BCUT2D eigenvalue weighted by Gasteiger charge is 2.00. The second-order valence-corrected chi connectivity index (χ2v) is 6.17. The Morgan fingerprint density at radius 3 is 2.64 bits per heavy atom. The van der Waals surface area contributed by atoms with Gasteiger partial charge in [0.1, 0.15) is 0 Å². The zero-order chi connectivity index (χ0) is 15.8. The topological polar surface area (TPSA) is 41.5 Å². The Hall–Kier alpha value is -2.07. The minimum Gasteiger partial charge on any atom is -0.272 e. The van der Waals surface area contributed by atoms with E-state index in [1.165, 1.54) is 16.7 Å². The third kappa shape index (κ3) is 5.74. The molecule has 0 bridgehead atoms. The van der Waals surface area contributed by atoms with Crippen LogP contribution in [0.25, 0.3) is 0 Å². The Morgan fingerprint density at radius 1 is 1.14 bits per heavy atom. The van der Waals surface area contributed by atoms with Crippen molar-refractivity contribution in [1.82, 2.24) is 5.43 Å². The number of hydrogen-bond donors (Lipinski definition) is 1. The van der Waals surface area contributed by atoms with Crippen molar-refractivity contribution in [2.24, 2.45) is 5.10 Å². The van der Waals surface area contributed by atoms with Crippen LogP contribution in [0.15, 0.2) is 53.6 Å². The summed E-state index contributed by atoms with van der Waals surface area (Å²) in [6.07, 6.45) is 1.66. The number of nitrogens with zero attached hydrogens (tertiary/aromatic N) is 1. The first-order valence-electron chi connectivity index (χ1n) is 7.15. The lowest BCUT2D eigenvalue weighted by atomic mass is 10.2. The molecule has 1 amide bonds. The lowest BCUT2D eigenvalue weighted by Crippen LogP contribution is -2.19. The van der Waals surface area contributed by atoms with Crippen molar-refractivity contribution >= 4 is 23.9 Å². The Kier molecular flexibility index (Phi) is 6.22. The summed E-state index contributed by atoms with van der Waals surface area (Å²) in [5.74, 6) is 1.15. The van der Waals surface area contributed by atoms with Crippen LogP contribution < -0.4 is 5.43 Å². The molecule has 0 heterocycles. The molecule has 4 heteroatoms. The third-order valence-corrected chi connectivity index (χ3v) is 4.07. The number of thioether (sulfide) groups is 1. The normalized spacial score (nSPS) is 10.8. The van der Waals surface area contributed by atoms with Gasteiger partial charge in [-0.15, -0.1) is 11.8 Å². The Bertz CT molecular complexity index is 650. The number of nitrogens with one attached hydrogen (secondary N) is 1. The van der Waals surface area contributed by atoms with E-state index < -0.39 is 0 Å². The van der Waals surface area contributed by atoms with Gasteiger partial charge in [0.05, 0.1) is 12.0 Å². The molecule has 0 aromatic heterocycles. The van der Waals surface area contributed by atoms with Crippen LogP contribution in [0.2, 0.25) is 0 Å². The number of rotatable bonds is 6. The molecule has 0 fully saturated rings. The number of benzene rings is 2. The average molecular weight is 312 g/mol. The summed E-state index contributed by atoms with van der Waals surface area (Å²) in [5, 5.41) is 3.98. The van der Waals surface area contributed by atoms with Gasteiger partial charge < -0.3 is 0 Å². The minimum atomic E-state index is -0.0824. The predicted molar refractivity (Wildman–Crippen MR) is 94.3 cm³/mol. The molecule has 114 valence electrons. The van der Waals surface area contributed by atoms with Gasteiger partial charge in [-0.25, -0.2) is 5.43 Å². The molecule has 3 nitrogen and oxygen atoms in total. The van der Waals surface area contributed by atoms with E-state index >= 15 is 0 Å². The first-order chi connectivity index (χ1) is 10.6. The summed E-state index contributed by atoms with van der Waals surface area (Å²) in [6.45, 7) is 4.09. The number of carbonyl (C=O) groups excluding carboxylic acids is 1. The Balaban J connectivity index is 1.70. The monoisotopic (exact) mass is 312 g/mol. The summed E-state index contributed by atoms with van der Waals surface area (Å²) in [5.41, 5.74) is 7.18. The van der Waals surface area contributed by atoms with Crippen molar-refractivity contribution in [2.45, 2.75) is 19.6 Å². The van der Waals surface area contributed by atoms with Crippen LogP contribution in [-0.4, -0.2) is 17.9 Å². The van der Waals surface area contributed by atoms with E-state index in [1.54, 1.807) is 18.0 Å². The molecule has 1 N–H and O–H groups in total. The number of hydrogen-bond acceptors (Lipinski definition) is 3. The second-order valence-electron chi connectivity index (χ2n) is 5.19. The second kappa shape index (κ2) is 8.39. The molecule has 0 unspecified atom stereocenters. The zero-order valence-corrected chi connectivity index (χ0v) is 13.7. The molecule has 2 aromatic rings. The molecule has 2 aromatic carbocycles. The first kappa shape index (κ1) is 16.3. The third-order valence-electron chi connectivity index (χ3n) is 3.07. The van der Waals surface area contributed by atoms with Gasteiger partial charge in [-0.1, -0.05) is 59.7 Å². The molecule has 2 rings (SSSR count). The van der Waals surface area contributed by atoms with E-state index in [0.29, 0.717) is 5.75 Å². The van der Waals surface area contributed by atoms with Crippen molar-refractivity contribution in [3.05, 3.63) is 70.8 Å². The van der Waals surface area contributed by atoms with E-state index in [0.717, 1.165) is 11.3 Å². The van der Waals surface area contributed by atoms with E-state index in [9.17, 15) is 4.79 Å². The molecule has 0 saturated carbocycles. The molecule has 0 aliphatic carbocycles. The van der Waals surface area contributed by atoms with Crippen molar-refractivity contribution in [3.8, 4) is 0 Å². The molecule has 0 saturated heterocycles. The van der Waals surface area contributed by atoms with Gasteiger partial charge in [-0.2, -0.15) is 5.10 Å². The molecule has 0 aliphatic rings. The standard InChI is InChI=1S/C18H20N2OS/c1-14-6-8-16(9-7-14)12-22-13-18(21)20-19-11-17-5-3-4-15(2)10-17/h3-11H,12-13H2,1-2H3,(H,20,21)/b19-11-. The number of aryl methyl sites for hydroxylation is 2. The van der Waals surface area contributed by atoms with Crippen LogP contribution in [0.5, 0.6) is 0 Å². The van der Waals surface area contributed by atoms with Crippen LogP contribution in [-0.2, 0) is 10.5 Å². The van der Waals surface area contributed by atoms with E-state index in [1.807, 2.05) is 31.2 Å². The Labute approximate surface area is 135 Å². The van der Waals surface area contributed by atoms with Crippen LogP contribution >= 0.6 is 11.8 Å². The molecule has 0 atom stereocenters. The van der Waals surface area contributed by atoms with E-state index in [4.69, 9.17) is 0 Å². The van der Waals surface area contributed by atoms with Gasteiger partial charge in [0.2, 0.25) is 5.91 Å². The van der Waals surface area contributed by atoms with Crippen LogP contribution in [0.4, 0.5) is 0 Å². The number of carbonyl (C=O) groups is 1. The molecule has 0 spiro atoms. The fraction of sp³-hybridized carbons (Fsp3) is 0.222. The SMILES string of the molecule is Cc1ccc(CSCC(=O)N/N=C\c2cccc(C)c2)cc1. The van der Waals surface area contributed by atoms with Crippen LogP contribution in [0, 0.1) is 13.8 Å². The molecular weight excluding hydrogens is 292 g/mol. The molecule has 0 radical (unpaired) electrons. The van der Waals surface area contributed by atoms with E-state index in [-0.39, 0.29) is 5.91 Å². The lowest BCUT2D eigenvalue weighted by Gasteiger charge is -2.02. The van der Waals surface area contributed by atoms with Gasteiger partial charge in [0.15, 0.2) is 0 Å². The fourth-order valence-corrected chi connectivity index (χ4v) is 2.69. The van der Waals surface area contributed by atoms with Crippen molar-refractivity contribution in [3.63, 3.8) is 0 Å². The highest BCUT2D eigenvalue weighted by Crippen LogP contribution is 2.12. The maximum atomic E-state index is 11.7. The van der Waals surface area contributed by atoms with Crippen LogP contribution in [0.3, 0.4) is 0 Å². The van der Waals surface area contributed by atoms with Gasteiger partial charge in [-0.3, -0.25) is 4.79 Å². The first-order valence-corrected chi connectivity index (χ1v) is 8.31. The summed E-state index contributed by atoms with van der Waals surface area (Å²) < 4.78 is 0. The molecular formula is C18H20N2OS. The van der Waals surface area contributed by atoms with Gasteiger partial charge >= 0.3 is 0 Å². The fourth-order valence-electron chi connectivity index (χ4n) is 1.91. The highest BCUT2D eigenvalue weighted by molar-refractivity contribution is 7.99. The predicted octanol–water partition coefficient (Wildman–Crippen LogP) is 3.69. The van der Waals surface area contributed by atoms with Gasteiger partial charge in [-0.05, 0) is 25.0 Å². The average Bonchev–Trinajstić information content (AvgIpc) is 2.49. The summed E-state index contributed by atoms with van der Waals surface area (Å²) in [6, 6.07) is 16.3.